The van der Waals surface area contributed by atoms with Gasteiger partial charge in [0.2, 0.25) is 0 Å². The minimum absolute atomic E-state index is 0.266. The van der Waals surface area contributed by atoms with Crippen LogP contribution in [-0.4, -0.2) is 26.9 Å². The second-order valence-electron chi connectivity index (χ2n) is 4.62. The molecule has 2 aromatic rings. The zero-order valence-electron chi connectivity index (χ0n) is 10.5. The standard InChI is InChI=1S/C13H12F2N4O/c14-8-5-9(12(15)10(16)6-8)13(20)19-4-3-18-2-1-17-11(18)7-19/h1-2,5-6H,3-4,7,16H2. The highest BCUT2D eigenvalue weighted by atomic mass is 19.1. The van der Waals surface area contributed by atoms with Gasteiger partial charge in [-0.2, -0.15) is 0 Å². The Labute approximate surface area is 113 Å². The van der Waals surface area contributed by atoms with E-state index < -0.39 is 17.5 Å². The van der Waals surface area contributed by atoms with Crippen molar-refractivity contribution in [1.82, 2.24) is 14.5 Å². The Hall–Kier alpha value is -2.44. The van der Waals surface area contributed by atoms with Crippen LogP contribution in [0.1, 0.15) is 16.2 Å². The highest BCUT2D eigenvalue weighted by Crippen LogP contribution is 2.21. The van der Waals surface area contributed by atoms with Crippen molar-refractivity contribution in [3.8, 4) is 0 Å². The molecule has 0 saturated heterocycles. The van der Waals surface area contributed by atoms with Crippen molar-refractivity contribution in [2.75, 3.05) is 12.3 Å². The summed E-state index contributed by atoms with van der Waals surface area (Å²) in [5.74, 6) is -1.48. The number of hydrogen-bond acceptors (Lipinski definition) is 3. The molecular formula is C13H12F2N4O. The molecule has 5 nitrogen and oxygen atoms in total. The number of aromatic nitrogens is 2. The minimum atomic E-state index is -0.884. The van der Waals surface area contributed by atoms with E-state index in [-0.39, 0.29) is 17.8 Å². The summed E-state index contributed by atoms with van der Waals surface area (Å²) in [4.78, 5) is 17.8. The van der Waals surface area contributed by atoms with Gasteiger partial charge in [0, 0.05) is 25.5 Å². The number of anilines is 1. The van der Waals surface area contributed by atoms with Crippen molar-refractivity contribution < 1.29 is 13.6 Å². The Balaban J connectivity index is 1.91. The predicted molar refractivity (Wildman–Crippen MR) is 67.7 cm³/mol. The molecule has 104 valence electrons. The minimum Gasteiger partial charge on any atom is -0.396 e. The van der Waals surface area contributed by atoms with Crippen LogP contribution in [0.5, 0.6) is 0 Å². The Morgan fingerprint density at radius 3 is 2.90 bits per heavy atom. The zero-order chi connectivity index (χ0) is 14.3. The monoisotopic (exact) mass is 278 g/mol. The number of nitrogen functional groups attached to an aromatic ring is 1. The first kappa shape index (κ1) is 12.6. The Bertz CT molecular complexity index is 683. The maximum absolute atomic E-state index is 13.9. The van der Waals surface area contributed by atoms with Crippen LogP contribution < -0.4 is 5.73 Å². The molecule has 1 aliphatic heterocycles. The van der Waals surface area contributed by atoms with Gasteiger partial charge in [-0.25, -0.2) is 13.8 Å². The van der Waals surface area contributed by atoms with Gasteiger partial charge in [0.1, 0.15) is 11.6 Å². The van der Waals surface area contributed by atoms with Crippen molar-refractivity contribution in [2.24, 2.45) is 0 Å². The van der Waals surface area contributed by atoms with E-state index in [1.54, 1.807) is 6.20 Å². The molecule has 0 atom stereocenters. The number of fused-ring (bicyclic) bond motifs is 1. The summed E-state index contributed by atoms with van der Waals surface area (Å²) in [6.45, 7) is 1.26. The highest BCUT2D eigenvalue weighted by Gasteiger charge is 2.25. The Morgan fingerprint density at radius 2 is 2.10 bits per heavy atom. The number of amides is 1. The van der Waals surface area contributed by atoms with Gasteiger partial charge in [0.15, 0.2) is 5.82 Å². The summed E-state index contributed by atoms with van der Waals surface area (Å²) in [5, 5.41) is 0. The quantitative estimate of drug-likeness (QED) is 0.802. The van der Waals surface area contributed by atoms with Crippen LogP contribution in [0.25, 0.3) is 0 Å². The molecule has 3 rings (SSSR count). The van der Waals surface area contributed by atoms with Crippen molar-refractivity contribution in [2.45, 2.75) is 13.1 Å². The number of carbonyl (C=O) groups is 1. The molecule has 0 bridgehead atoms. The first-order chi connectivity index (χ1) is 9.56. The summed E-state index contributed by atoms with van der Waals surface area (Å²) in [6, 6.07) is 1.73. The molecule has 1 amide bonds. The van der Waals surface area contributed by atoms with Crippen LogP contribution >= 0.6 is 0 Å². The third-order valence-electron chi connectivity index (χ3n) is 3.33. The lowest BCUT2D eigenvalue weighted by Crippen LogP contribution is -2.38. The molecule has 1 aromatic carbocycles. The first-order valence-electron chi connectivity index (χ1n) is 6.10. The molecule has 20 heavy (non-hydrogen) atoms. The molecule has 7 heteroatoms. The normalized spacial score (nSPS) is 14.2. The van der Waals surface area contributed by atoms with Gasteiger partial charge in [-0.3, -0.25) is 4.79 Å². The van der Waals surface area contributed by atoms with E-state index >= 15 is 0 Å². The van der Waals surface area contributed by atoms with Gasteiger partial charge < -0.3 is 15.2 Å². The number of nitrogens with two attached hydrogens (primary N) is 1. The molecule has 1 aromatic heterocycles. The summed E-state index contributed by atoms with van der Waals surface area (Å²) in [5.41, 5.74) is 4.63. The molecule has 0 fully saturated rings. The van der Waals surface area contributed by atoms with Crippen LogP contribution in [0.2, 0.25) is 0 Å². The third kappa shape index (κ3) is 2.01. The lowest BCUT2D eigenvalue weighted by molar-refractivity contribution is 0.0702. The molecule has 2 heterocycles. The van der Waals surface area contributed by atoms with Gasteiger partial charge >= 0.3 is 0 Å². The second-order valence-corrected chi connectivity index (χ2v) is 4.62. The molecule has 0 spiro atoms. The molecule has 1 aliphatic rings. The van der Waals surface area contributed by atoms with Crippen molar-refractivity contribution in [1.29, 1.82) is 0 Å². The summed E-state index contributed by atoms with van der Waals surface area (Å²) in [6.07, 6.45) is 3.46. The van der Waals surface area contributed by atoms with E-state index in [1.807, 2.05) is 10.8 Å². The molecule has 0 unspecified atom stereocenters. The van der Waals surface area contributed by atoms with Crippen LogP contribution in [0.15, 0.2) is 24.5 Å². The number of halogens is 2. The number of hydrogen-bond donors (Lipinski definition) is 1. The van der Waals surface area contributed by atoms with E-state index in [2.05, 4.69) is 4.98 Å². The highest BCUT2D eigenvalue weighted by molar-refractivity contribution is 5.95. The van der Waals surface area contributed by atoms with E-state index in [0.29, 0.717) is 13.1 Å². The van der Waals surface area contributed by atoms with E-state index in [4.69, 9.17) is 5.73 Å². The van der Waals surface area contributed by atoms with Gasteiger partial charge in [0.25, 0.3) is 5.91 Å². The van der Waals surface area contributed by atoms with Gasteiger partial charge in [-0.05, 0) is 12.1 Å². The summed E-state index contributed by atoms with van der Waals surface area (Å²) >= 11 is 0. The fraction of sp³-hybridized carbons (Fsp3) is 0.231. The van der Waals surface area contributed by atoms with E-state index in [1.165, 1.54) is 4.90 Å². The van der Waals surface area contributed by atoms with Crippen LogP contribution in [0.4, 0.5) is 14.5 Å². The number of carbonyl (C=O) groups excluding carboxylic acids is 1. The molecule has 0 aliphatic carbocycles. The van der Waals surface area contributed by atoms with E-state index in [0.717, 1.165) is 18.0 Å². The smallest absolute Gasteiger partial charge is 0.257 e. The van der Waals surface area contributed by atoms with Crippen molar-refractivity contribution >= 4 is 11.6 Å². The largest absolute Gasteiger partial charge is 0.396 e. The molecule has 2 N–H and O–H groups in total. The van der Waals surface area contributed by atoms with Crippen LogP contribution in [0.3, 0.4) is 0 Å². The third-order valence-corrected chi connectivity index (χ3v) is 3.33. The van der Waals surface area contributed by atoms with Crippen molar-refractivity contribution in [3.63, 3.8) is 0 Å². The predicted octanol–water partition coefficient (Wildman–Crippen LogP) is 1.40. The van der Waals surface area contributed by atoms with Crippen LogP contribution in [-0.2, 0) is 13.1 Å². The first-order valence-corrected chi connectivity index (χ1v) is 6.10. The molecule has 0 radical (unpaired) electrons. The maximum Gasteiger partial charge on any atom is 0.257 e. The van der Waals surface area contributed by atoms with E-state index in [9.17, 15) is 13.6 Å². The van der Waals surface area contributed by atoms with Gasteiger partial charge in [0.05, 0.1) is 17.8 Å². The maximum atomic E-state index is 13.9. The SMILES string of the molecule is Nc1cc(F)cc(C(=O)N2CCn3ccnc3C2)c1F. The zero-order valence-corrected chi connectivity index (χ0v) is 10.5. The molecule has 0 saturated carbocycles. The Kier molecular flexibility index (Phi) is 2.89. The average Bonchev–Trinajstić information content (AvgIpc) is 2.89. The number of rotatable bonds is 1. The van der Waals surface area contributed by atoms with Gasteiger partial charge in [-0.15, -0.1) is 0 Å². The number of benzene rings is 1. The lowest BCUT2D eigenvalue weighted by atomic mass is 10.1. The number of nitrogens with zero attached hydrogens (tertiary/aromatic N) is 3. The second kappa shape index (κ2) is 4.59. The average molecular weight is 278 g/mol. The Morgan fingerprint density at radius 1 is 1.30 bits per heavy atom. The van der Waals surface area contributed by atoms with Gasteiger partial charge in [-0.1, -0.05) is 0 Å². The summed E-state index contributed by atoms with van der Waals surface area (Å²) in [7, 11) is 0. The van der Waals surface area contributed by atoms with Crippen LogP contribution in [0, 0.1) is 11.6 Å². The topological polar surface area (TPSA) is 64.2 Å². The lowest BCUT2D eigenvalue weighted by Gasteiger charge is -2.28. The summed E-state index contributed by atoms with van der Waals surface area (Å²) < 4.78 is 29.1. The fourth-order valence-electron chi connectivity index (χ4n) is 2.28. The number of imidazole rings is 1. The van der Waals surface area contributed by atoms with Crippen molar-refractivity contribution in [3.05, 3.63) is 47.5 Å². The fourth-order valence-corrected chi connectivity index (χ4v) is 2.28. The molecular weight excluding hydrogens is 266 g/mol.